The molecule has 2 N–H and O–H groups in total. The van der Waals surface area contributed by atoms with Crippen molar-refractivity contribution in [1.29, 1.82) is 0 Å². The van der Waals surface area contributed by atoms with Crippen LogP contribution in [0.15, 0.2) is 24.3 Å². The van der Waals surface area contributed by atoms with E-state index in [1.165, 1.54) is 12.1 Å². The summed E-state index contributed by atoms with van der Waals surface area (Å²) in [5.74, 6) is 4.83. The van der Waals surface area contributed by atoms with Crippen LogP contribution in [-0.4, -0.2) is 22.1 Å². The molecule has 3 nitrogen and oxygen atoms in total. The Kier molecular flexibility index (Phi) is 3.95. The minimum absolute atomic E-state index is 0.00119. The van der Waals surface area contributed by atoms with E-state index in [-0.39, 0.29) is 23.2 Å². The Morgan fingerprint density at radius 2 is 2.04 bits per heavy atom. The largest absolute Gasteiger partial charge is 0.416 e. The lowest BCUT2D eigenvalue weighted by Gasteiger charge is -2.30. The van der Waals surface area contributed by atoms with Crippen LogP contribution in [0, 0.1) is 29.6 Å². The van der Waals surface area contributed by atoms with Crippen LogP contribution in [0.2, 0.25) is 0 Å². The monoisotopic (exact) mass is 324 g/mol. The van der Waals surface area contributed by atoms with Gasteiger partial charge in [0.05, 0.1) is 17.6 Å². The van der Waals surface area contributed by atoms with Gasteiger partial charge in [-0.1, -0.05) is 24.0 Å². The molecule has 5 unspecified atom stereocenters. The number of carbonyl (C=O) groups is 1. The Morgan fingerprint density at radius 1 is 1.30 bits per heavy atom. The molecule has 122 valence electrons. The van der Waals surface area contributed by atoms with E-state index < -0.39 is 29.9 Å². The summed E-state index contributed by atoms with van der Waals surface area (Å²) in [6.07, 6.45) is -5.81. The molecule has 0 amide bonds. The van der Waals surface area contributed by atoms with Crippen molar-refractivity contribution in [3.05, 3.63) is 35.4 Å². The first kappa shape index (κ1) is 16.0. The molecular formula is C17H15F3O3. The Balaban J connectivity index is 1.76. The van der Waals surface area contributed by atoms with Crippen molar-refractivity contribution < 1.29 is 28.2 Å². The average Bonchev–Trinajstić information content (AvgIpc) is 2.75. The second-order valence-corrected chi connectivity index (χ2v) is 6.08. The van der Waals surface area contributed by atoms with Gasteiger partial charge in [0.2, 0.25) is 0 Å². The van der Waals surface area contributed by atoms with Gasteiger partial charge < -0.3 is 10.2 Å². The van der Waals surface area contributed by atoms with Gasteiger partial charge in [0.1, 0.15) is 11.9 Å². The second kappa shape index (κ2) is 5.66. The van der Waals surface area contributed by atoms with Crippen LogP contribution in [0.4, 0.5) is 13.2 Å². The summed E-state index contributed by atoms with van der Waals surface area (Å²) < 4.78 is 38.0. The maximum absolute atomic E-state index is 12.7. The minimum atomic E-state index is -4.48. The van der Waals surface area contributed by atoms with Crippen LogP contribution in [0.25, 0.3) is 0 Å². The second-order valence-electron chi connectivity index (χ2n) is 6.08. The first-order valence-corrected chi connectivity index (χ1v) is 7.34. The minimum Gasteiger partial charge on any atom is -0.392 e. The normalized spacial score (nSPS) is 30.9. The summed E-state index contributed by atoms with van der Waals surface area (Å²) in [7, 11) is 0. The molecule has 23 heavy (non-hydrogen) atoms. The summed E-state index contributed by atoms with van der Waals surface area (Å²) in [5, 5.41) is 19.9. The fourth-order valence-corrected chi connectivity index (χ4v) is 3.33. The van der Waals surface area contributed by atoms with Gasteiger partial charge in [-0.3, -0.25) is 4.79 Å². The van der Waals surface area contributed by atoms with Crippen LogP contribution in [0.5, 0.6) is 0 Å². The van der Waals surface area contributed by atoms with E-state index in [2.05, 4.69) is 11.8 Å². The van der Waals surface area contributed by atoms with Crippen molar-refractivity contribution in [1.82, 2.24) is 0 Å². The molecule has 0 bridgehead atoms. The number of ketones is 1. The van der Waals surface area contributed by atoms with Gasteiger partial charge in [-0.25, -0.2) is 0 Å². The lowest BCUT2D eigenvalue weighted by atomic mass is 9.71. The summed E-state index contributed by atoms with van der Waals surface area (Å²) in [4.78, 5) is 11.4. The van der Waals surface area contributed by atoms with Crippen LogP contribution < -0.4 is 0 Å². The molecule has 0 heterocycles. The number of fused-ring (bicyclic) bond motifs is 1. The molecule has 2 aliphatic rings. The molecule has 0 aromatic heterocycles. The highest BCUT2D eigenvalue weighted by Gasteiger charge is 2.52. The van der Waals surface area contributed by atoms with Crippen molar-refractivity contribution in [2.45, 2.75) is 31.2 Å². The number of aliphatic hydroxyl groups is 2. The van der Waals surface area contributed by atoms with E-state index in [0.29, 0.717) is 12.8 Å². The standard InChI is InChI=1S/C17H15F3O3/c18-17(19,20)10-3-1-2-9(6-10)14(21)5-4-11-12-7-16(23)13(12)8-15(11)22/h1-3,6,11-15,21-22H,7-8H2. The first-order valence-electron chi connectivity index (χ1n) is 7.34. The zero-order valence-electron chi connectivity index (χ0n) is 12.0. The van der Waals surface area contributed by atoms with Crippen molar-refractivity contribution in [2.24, 2.45) is 17.8 Å². The SMILES string of the molecule is O=C1CC2C1CC(O)C2C#CC(O)c1cccc(C(F)(F)F)c1. The Morgan fingerprint density at radius 3 is 2.65 bits per heavy atom. The van der Waals surface area contributed by atoms with Gasteiger partial charge in [0, 0.05) is 12.3 Å². The molecular weight excluding hydrogens is 309 g/mol. The van der Waals surface area contributed by atoms with Gasteiger partial charge >= 0.3 is 6.18 Å². The third-order valence-electron chi connectivity index (χ3n) is 4.65. The highest BCUT2D eigenvalue weighted by atomic mass is 19.4. The molecule has 0 aliphatic heterocycles. The van der Waals surface area contributed by atoms with Crippen LogP contribution in [-0.2, 0) is 11.0 Å². The molecule has 1 aromatic carbocycles. The molecule has 2 aliphatic carbocycles. The fraction of sp³-hybridized carbons (Fsp3) is 0.471. The third kappa shape index (κ3) is 2.99. The predicted octanol–water partition coefficient (Wildman–Crippen LogP) is 2.33. The van der Waals surface area contributed by atoms with Crippen molar-refractivity contribution in [2.75, 3.05) is 0 Å². The van der Waals surface area contributed by atoms with E-state index in [1.807, 2.05) is 0 Å². The number of hydrogen-bond donors (Lipinski definition) is 2. The number of Topliss-reactive ketones (excluding diaryl/α,β-unsaturated/α-hetero) is 1. The van der Waals surface area contributed by atoms with Crippen molar-refractivity contribution >= 4 is 5.78 Å². The summed E-state index contributed by atoms with van der Waals surface area (Å²) in [5.41, 5.74) is -0.789. The maximum Gasteiger partial charge on any atom is 0.416 e. The average molecular weight is 324 g/mol. The Bertz CT molecular complexity index is 686. The fourth-order valence-electron chi connectivity index (χ4n) is 3.33. The number of alkyl halides is 3. The van der Waals surface area contributed by atoms with Gasteiger partial charge in [-0.05, 0) is 30.0 Å². The van der Waals surface area contributed by atoms with E-state index in [4.69, 9.17) is 0 Å². The smallest absolute Gasteiger partial charge is 0.392 e. The summed E-state index contributed by atoms with van der Waals surface area (Å²) >= 11 is 0. The first-order chi connectivity index (χ1) is 10.8. The van der Waals surface area contributed by atoms with Crippen LogP contribution >= 0.6 is 0 Å². The highest BCUT2D eigenvalue weighted by molar-refractivity contribution is 5.88. The van der Waals surface area contributed by atoms with Gasteiger partial charge in [0.15, 0.2) is 0 Å². The summed E-state index contributed by atoms with van der Waals surface area (Å²) in [6.45, 7) is 0. The molecule has 1 aromatic rings. The maximum atomic E-state index is 12.7. The molecule has 3 rings (SSSR count). The molecule has 2 fully saturated rings. The van der Waals surface area contributed by atoms with Gasteiger partial charge in [0.25, 0.3) is 0 Å². The van der Waals surface area contributed by atoms with E-state index in [9.17, 15) is 28.2 Å². The number of halogens is 3. The predicted molar refractivity (Wildman–Crippen MR) is 74.9 cm³/mol. The number of hydrogen-bond acceptors (Lipinski definition) is 3. The highest BCUT2D eigenvalue weighted by Crippen LogP contribution is 2.47. The van der Waals surface area contributed by atoms with Gasteiger partial charge in [-0.2, -0.15) is 13.2 Å². The zero-order valence-corrected chi connectivity index (χ0v) is 12.0. The topological polar surface area (TPSA) is 57.5 Å². The quantitative estimate of drug-likeness (QED) is 0.780. The lowest BCUT2D eigenvalue weighted by molar-refractivity contribution is -0.137. The van der Waals surface area contributed by atoms with E-state index in [0.717, 1.165) is 12.1 Å². The molecule has 0 spiro atoms. The number of benzene rings is 1. The third-order valence-corrected chi connectivity index (χ3v) is 4.65. The summed E-state index contributed by atoms with van der Waals surface area (Å²) in [6, 6.07) is 4.37. The van der Waals surface area contributed by atoms with Crippen LogP contribution in [0.3, 0.4) is 0 Å². The molecule has 0 radical (unpaired) electrons. The Labute approximate surface area is 131 Å². The molecule has 6 heteroatoms. The van der Waals surface area contributed by atoms with Crippen molar-refractivity contribution in [3.8, 4) is 11.8 Å². The Hall–Kier alpha value is -1.84. The molecule has 5 atom stereocenters. The number of aliphatic hydroxyl groups excluding tert-OH is 2. The van der Waals surface area contributed by atoms with E-state index >= 15 is 0 Å². The zero-order chi connectivity index (χ0) is 16.8. The lowest BCUT2D eigenvalue weighted by Crippen LogP contribution is -2.35. The van der Waals surface area contributed by atoms with Gasteiger partial charge in [-0.15, -0.1) is 0 Å². The number of rotatable bonds is 1. The van der Waals surface area contributed by atoms with Crippen LogP contribution in [0.1, 0.15) is 30.1 Å². The van der Waals surface area contributed by atoms with Crippen molar-refractivity contribution in [3.63, 3.8) is 0 Å². The molecule has 0 saturated heterocycles. The number of carbonyl (C=O) groups excluding carboxylic acids is 1. The molecule has 2 saturated carbocycles. The van der Waals surface area contributed by atoms with E-state index in [1.54, 1.807) is 0 Å².